The second kappa shape index (κ2) is 9.73. The number of phenols is 1. The largest absolute Gasteiger partial charge is 0.508 e. The van der Waals surface area contributed by atoms with Gasteiger partial charge < -0.3 is 10.4 Å². The lowest BCUT2D eigenvalue weighted by molar-refractivity contribution is 0.101. The standard InChI is InChI=1S/C18H28N2O.2ClH/c1-14-7-8-16(17(21)13-14)18(15-5-3-2-4-6-15)20-11-9-19-10-12-20;;/h7-8,13,15,18-19,21H,2-6,9-12H2,1H3;2*1H/t18-;;/m0../s1. The van der Waals surface area contributed by atoms with Gasteiger partial charge in [-0.3, -0.25) is 4.90 Å². The molecule has 3 nitrogen and oxygen atoms in total. The van der Waals surface area contributed by atoms with Crippen molar-refractivity contribution >= 4 is 24.8 Å². The predicted octanol–water partition coefficient (Wildman–Crippen LogP) is 4.07. The van der Waals surface area contributed by atoms with Gasteiger partial charge in [0.1, 0.15) is 5.75 Å². The summed E-state index contributed by atoms with van der Waals surface area (Å²) in [4.78, 5) is 2.59. The number of hydrogen-bond donors (Lipinski definition) is 2. The molecule has 2 fully saturated rings. The summed E-state index contributed by atoms with van der Waals surface area (Å²) >= 11 is 0. The van der Waals surface area contributed by atoms with Crippen molar-refractivity contribution in [3.8, 4) is 5.75 Å². The lowest BCUT2D eigenvalue weighted by Gasteiger charge is -2.41. The summed E-state index contributed by atoms with van der Waals surface area (Å²) in [6.07, 6.45) is 6.69. The topological polar surface area (TPSA) is 35.5 Å². The lowest BCUT2D eigenvalue weighted by Crippen LogP contribution is -2.47. The first-order valence-electron chi connectivity index (χ1n) is 8.50. The van der Waals surface area contributed by atoms with Crippen LogP contribution >= 0.6 is 24.8 Å². The van der Waals surface area contributed by atoms with Gasteiger partial charge >= 0.3 is 0 Å². The number of aryl methyl sites for hydroxylation is 1. The number of piperazine rings is 1. The average molecular weight is 361 g/mol. The first-order chi connectivity index (χ1) is 10.3. The fraction of sp³-hybridized carbons (Fsp3) is 0.667. The molecule has 0 unspecified atom stereocenters. The molecule has 1 saturated heterocycles. The van der Waals surface area contributed by atoms with Crippen molar-refractivity contribution in [2.75, 3.05) is 26.2 Å². The van der Waals surface area contributed by atoms with E-state index >= 15 is 0 Å². The molecule has 0 bridgehead atoms. The van der Waals surface area contributed by atoms with Crippen molar-refractivity contribution < 1.29 is 5.11 Å². The molecule has 2 aliphatic rings. The van der Waals surface area contributed by atoms with Crippen molar-refractivity contribution in [3.63, 3.8) is 0 Å². The Hall–Kier alpha value is -0.480. The van der Waals surface area contributed by atoms with Crippen molar-refractivity contribution in [2.45, 2.75) is 45.1 Å². The van der Waals surface area contributed by atoms with Gasteiger partial charge in [-0.15, -0.1) is 24.8 Å². The molecule has 1 heterocycles. The summed E-state index contributed by atoms with van der Waals surface area (Å²) in [5.41, 5.74) is 2.29. The molecule has 0 spiro atoms. The number of phenolic OH excluding ortho intramolecular Hbond substituents is 1. The van der Waals surface area contributed by atoms with E-state index in [9.17, 15) is 5.11 Å². The van der Waals surface area contributed by atoms with Crippen molar-refractivity contribution in [3.05, 3.63) is 29.3 Å². The summed E-state index contributed by atoms with van der Waals surface area (Å²) in [5.74, 6) is 1.19. The third kappa shape index (κ3) is 4.99. The quantitative estimate of drug-likeness (QED) is 0.852. The normalized spacial score (nSPS) is 21.1. The van der Waals surface area contributed by atoms with Crippen molar-refractivity contribution in [1.29, 1.82) is 0 Å². The van der Waals surface area contributed by atoms with Gasteiger partial charge in [0.25, 0.3) is 0 Å². The van der Waals surface area contributed by atoms with Gasteiger partial charge in [0, 0.05) is 37.8 Å². The van der Waals surface area contributed by atoms with E-state index in [0.29, 0.717) is 17.7 Å². The van der Waals surface area contributed by atoms with E-state index in [1.54, 1.807) is 0 Å². The van der Waals surface area contributed by atoms with Crippen LogP contribution in [0.4, 0.5) is 0 Å². The molecule has 0 radical (unpaired) electrons. The molecule has 0 aromatic heterocycles. The molecular weight excluding hydrogens is 331 g/mol. The van der Waals surface area contributed by atoms with Gasteiger partial charge in [-0.2, -0.15) is 0 Å². The van der Waals surface area contributed by atoms with E-state index in [-0.39, 0.29) is 24.8 Å². The smallest absolute Gasteiger partial charge is 0.120 e. The molecule has 1 aromatic carbocycles. The minimum Gasteiger partial charge on any atom is -0.508 e. The highest BCUT2D eigenvalue weighted by Crippen LogP contribution is 2.41. The zero-order chi connectivity index (χ0) is 14.7. The van der Waals surface area contributed by atoms with Gasteiger partial charge in [0.15, 0.2) is 0 Å². The van der Waals surface area contributed by atoms with Crippen LogP contribution in [0.25, 0.3) is 0 Å². The molecule has 132 valence electrons. The summed E-state index contributed by atoms with van der Waals surface area (Å²) in [6, 6.07) is 6.62. The third-order valence-corrected chi connectivity index (χ3v) is 5.15. The molecule has 1 aromatic rings. The van der Waals surface area contributed by atoms with Gasteiger partial charge in [0.05, 0.1) is 0 Å². The van der Waals surface area contributed by atoms with Gasteiger partial charge in [-0.1, -0.05) is 31.4 Å². The molecule has 0 amide bonds. The van der Waals surface area contributed by atoms with Crippen molar-refractivity contribution in [1.82, 2.24) is 10.2 Å². The monoisotopic (exact) mass is 360 g/mol. The number of hydrogen-bond acceptors (Lipinski definition) is 3. The maximum Gasteiger partial charge on any atom is 0.120 e. The Balaban J connectivity index is 0.00000132. The summed E-state index contributed by atoms with van der Waals surface area (Å²) < 4.78 is 0. The zero-order valence-electron chi connectivity index (χ0n) is 14.0. The fourth-order valence-electron chi connectivity index (χ4n) is 4.06. The highest BCUT2D eigenvalue weighted by Gasteiger charge is 2.32. The number of rotatable bonds is 3. The van der Waals surface area contributed by atoms with Crippen LogP contribution in [0.15, 0.2) is 18.2 Å². The summed E-state index contributed by atoms with van der Waals surface area (Å²) in [5, 5.41) is 13.9. The second-order valence-electron chi connectivity index (χ2n) is 6.69. The number of aromatic hydroxyl groups is 1. The number of halogens is 2. The fourth-order valence-corrected chi connectivity index (χ4v) is 4.06. The van der Waals surface area contributed by atoms with E-state index in [2.05, 4.69) is 22.3 Å². The number of nitrogens with zero attached hydrogens (tertiary/aromatic N) is 1. The van der Waals surface area contributed by atoms with Crippen molar-refractivity contribution in [2.24, 2.45) is 5.92 Å². The number of nitrogens with one attached hydrogen (secondary N) is 1. The Morgan fingerprint density at radius 2 is 1.74 bits per heavy atom. The molecule has 23 heavy (non-hydrogen) atoms. The lowest BCUT2D eigenvalue weighted by atomic mass is 9.79. The molecule has 5 heteroatoms. The summed E-state index contributed by atoms with van der Waals surface area (Å²) in [7, 11) is 0. The molecule has 2 N–H and O–H groups in total. The third-order valence-electron chi connectivity index (χ3n) is 5.15. The zero-order valence-corrected chi connectivity index (χ0v) is 15.6. The average Bonchev–Trinajstić information content (AvgIpc) is 2.52. The molecule has 1 saturated carbocycles. The highest BCUT2D eigenvalue weighted by molar-refractivity contribution is 5.85. The van der Waals surface area contributed by atoms with Crippen LogP contribution in [0, 0.1) is 12.8 Å². The van der Waals surface area contributed by atoms with E-state index in [1.807, 2.05) is 13.0 Å². The van der Waals surface area contributed by atoms with Gasteiger partial charge in [-0.05, 0) is 37.3 Å². The second-order valence-corrected chi connectivity index (χ2v) is 6.69. The Morgan fingerprint density at radius 3 is 2.35 bits per heavy atom. The predicted molar refractivity (Wildman–Crippen MR) is 101 cm³/mol. The van der Waals surface area contributed by atoms with Crippen LogP contribution in [0.2, 0.25) is 0 Å². The Bertz CT molecular complexity index is 454. The van der Waals surface area contributed by atoms with Gasteiger partial charge in [-0.25, -0.2) is 0 Å². The van der Waals surface area contributed by atoms with Crippen LogP contribution in [0.5, 0.6) is 5.75 Å². The van der Waals surface area contributed by atoms with Crippen LogP contribution in [-0.2, 0) is 0 Å². The van der Waals surface area contributed by atoms with E-state index in [1.165, 1.54) is 32.1 Å². The minimum atomic E-state index is 0. The van der Waals surface area contributed by atoms with Crippen LogP contribution in [-0.4, -0.2) is 36.2 Å². The molecule has 1 atom stereocenters. The van der Waals surface area contributed by atoms with Crippen LogP contribution < -0.4 is 5.32 Å². The molecule has 1 aliphatic heterocycles. The first-order valence-corrected chi connectivity index (χ1v) is 8.50. The molecule has 1 aliphatic carbocycles. The van der Waals surface area contributed by atoms with Gasteiger partial charge in [0.2, 0.25) is 0 Å². The Labute approximate surface area is 152 Å². The van der Waals surface area contributed by atoms with E-state index < -0.39 is 0 Å². The molecule has 3 rings (SSSR count). The minimum absolute atomic E-state index is 0. The highest BCUT2D eigenvalue weighted by atomic mass is 35.5. The number of benzene rings is 1. The molecular formula is C18H30Cl2N2O. The SMILES string of the molecule is Cc1ccc([C@H](C2CCCCC2)N2CCNCC2)c(O)c1.Cl.Cl. The van der Waals surface area contributed by atoms with Crippen LogP contribution in [0.3, 0.4) is 0 Å². The van der Waals surface area contributed by atoms with E-state index in [4.69, 9.17) is 0 Å². The first kappa shape index (κ1) is 20.6. The van der Waals surface area contributed by atoms with E-state index in [0.717, 1.165) is 37.3 Å². The Kier molecular flexibility index (Phi) is 8.70. The van der Waals surface area contributed by atoms with Crippen LogP contribution in [0.1, 0.15) is 49.3 Å². The Morgan fingerprint density at radius 1 is 1.09 bits per heavy atom. The summed E-state index contributed by atoms with van der Waals surface area (Å²) in [6.45, 7) is 6.36. The maximum atomic E-state index is 10.5. The maximum absolute atomic E-state index is 10.5.